The molecule has 0 amide bonds. The minimum absolute atomic E-state index is 0.0690. The molecule has 2 heterocycles. The lowest BCUT2D eigenvalue weighted by Gasteiger charge is -2.29. The monoisotopic (exact) mass is 205 g/mol. The molecule has 80 valence electrons. The standard InChI is InChI=1S/C11H15N3O/c1-9(15)10-6-11(8-13-7-10)14-4-2-12-3-5-14/h6-8,12H,2-5H2,1H3. The quantitative estimate of drug-likeness (QED) is 0.722. The predicted octanol–water partition coefficient (Wildman–Crippen LogP) is 0.694. The van der Waals surface area contributed by atoms with Gasteiger partial charge in [-0.05, 0) is 13.0 Å². The molecule has 0 saturated carbocycles. The molecule has 0 spiro atoms. The molecule has 0 radical (unpaired) electrons. The number of nitrogens with one attached hydrogen (secondary N) is 1. The Balaban J connectivity index is 2.19. The van der Waals surface area contributed by atoms with E-state index in [2.05, 4.69) is 15.2 Å². The molecule has 1 aliphatic heterocycles. The molecule has 4 nitrogen and oxygen atoms in total. The van der Waals surface area contributed by atoms with Crippen LogP contribution in [0.4, 0.5) is 5.69 Å². The first-order valence-corrected chi connectivity index (χ1v) is 5.19. The molecule has 0 atom stereocenters. The van der Waals surface area contributed by atoms with Crippen molar-refractivity contribution in [1.82, 2.24) is 10.3 Å². The molecule has 1 saturated heterocycles. The highest BCUT2D eigenvalue weighted by atomic mass is 16.1. The summed E-state index contributed by atoms with van der Waals surface area (Å²) in [6.45, 7) is 5.50. The number of aromatic nitrogens is 1. The maximum atomic E-state index is 11.2. The molecule has 1 aromatic heterocycles. The lowest BCUT2D eigenvalue weighted by Crippen LogP contribution is -2.43. The lowest BCUT2D eigenvalue weighted by atomic mass is 10.2. The summed E-state index contributed by atoms with van der Waals surface area (Å²) in [5.74, 6) is 0.0690. The van der Waals surface area contributed by atoms with Crippen LogP contribution in [0, 0.1) is 0 Å². The highest BCUT2D eigenvalue weighted by Gasteiger charge is 2.11. The number of anilines is 1. The van der Waals surface area contributed by atoms with E-state index in [1.54, 1.807) is 13.1 Å². The number of ketones is 1. The second-order valence-corrected chi connectivity index (χ2v) is 3.73. The van der Waals surface area contributed by atoms with Crippen LogP contribution in [0.25, 0.3) is 0 Å². The van der Waals surface area contributed by atoms with Crippen molar-refractivity contribution in [2.75, 3.05) is 31.1 Å². The van der Waals surface area contributed by atoms with Gasteiger partial charge in [0.05, 0.1) is 11.9 Å². The lowest BCUT2D eigenvalue weighted by molar-refractivity contribution is 0.101. The van der Waals surface area contributed by atoms with Gasteiger partial charge < -0.3 is 10.2 Å². The van der Waals surface area contributed by atoms with E-state index >= 15 is 0 Å². The summed E-state index contributed by atoms with van der Waals surface area (Å²) >= 11 is 0. The Hall–Kier alpha value is -1.42. The first-order valence-electron chi connectivity index (χ1n) is 5.19. The van der Waals surface area contributed by atoms with Gasteiger partial charge in [-0.15, -0.1) is 0 Å². The molecule has 2 rings (SSSR count). The van der Waals surface area contributed by atoms with Crippen LogP contribution in [0.1, 0.15) is 17.3 Å². The Morgan fingerprint density at radius 1 is 1.40 bits per heavy atom. The molecule has 1 N–H and O–H groups in total. The van der Waals surface area contributed by atoms with E-state index in [9.17, 15) is 4.79 Å². The topological polar surface area (TPSA) is 45.2 Å². The summed E-state index contributed by atoms with van der Waals surface area (Å²) in [6.07, 6.45) is 3.44. The summed E-state index contributed by atoms with van der Waals surface area (Å²) < 4.78 is 0. The average molecular weight is 205 g/mol. The molecule has 0 aliphatic carbocycles. The number of rotatable bonds is 2. The van der Waals surface area contributed by atoms with Gasteiger partial charge in [-0.1, -0.05) is 0 Å². The smallest absolute Gasteiger partial charge is 0.161 e. The van der Waals surface area contributed by atoms with Crippen molar-refractivity contribution >= 4 is 11.5 Å². The third-order valence-electron chi connectivity index (χ3n) is 2.61. The Bertz CT molecular complexity index is 359. The van der Waals surface area contributed by atoms with Crippen LogP contribution in [-0.2, 0) is 0 Å². The second kappa shape index (κ2) is 4.40. The van der Waals surface area contributed by atoms with Gasteiger partial charge in [0.25, 0.3) is 0 Å². The fourth-order valence-electron chi connectivity index (χ4n) is 1.72. The van der Waals surface area contributed by atoms with Crippen molar-refractivity contribution in [2.45, 2.75) is 6.92 Å². The van der Waals surface area contributed by atoms with Crippen molar-refractivity contribution in [3.8, 4) is 0 Å². The minimum atomic E-state index is 0.0690. The summed E-state index contributed by atoms with van der Waals surface area (Å²) in [6, 6.07) is 1.92. The highest BCUT2D eigenvalue weighted by molar-refractivity contribution is 5.94. The molecular weight excluding hydrogens is 190 g/mol. The number of hydrogen-bond acceptors (Lipinski definition) is 4. The van der Waals surface area contributed by atoms with Crippen LogP contribution in [0.5, 0.6) is 0 Å². The van der Waals surface area contributed by atoms with Gasteiger partial charge in [-0.2, -0.15) is 0 Å². The molecule has 0 unspecified atom stereocenters. The SMILES string of the molecule is CC(=O)c1cncc(N2CCNCC2)c1. The Kier molecular flexibility index (Phi) is 2.97. The van der Waals surface area contributed by atoms with E-state index < -0.39 is 0 Å². The van der Waals surface area contributed by atoms with E-state index in [1.807, 2.05) is 12.3 Å². The molecule has 0 aromatic carbocycles. The number of Topliss-reactive ketones (excluding diaryl/α,β-unsaturated/α-hetero) is 1. The predicted molar refractivity (Wildman–Crippen MR) is 59.3 cm³/mol. The van der Waals surface area contributed by atoms with Crippen LogP contribution in [0.2, 0.25) is 0 Å². The molecule has 1 fully saturated rings. The van der Waals surface area contributed by atoms with Crippen LogP contribution < -0.4 is 10.2 Å². The Labute approximate surface area is 89.3 Å². The number of carbonyl (C=O) groups is 1. The van der Waals surface area contributed by atoms with Gasteiger partial charge in [0.1, 0.15) is 0 Å². The molecular formula is C11H15N3O. The summed E-state index contributed by atoms with van der Waals surface area (Å²) in [7, 11) is 0. The van der Waals surface area contributed by atoms with Gasteiger partial charge in [0.2, 0.25) is 0 Å². The van der Waals surface area contributed by atoms with Crippen molar-refractivity contribution in [1.29, 1.82) is 0 Å². The van der Waals surface area contributed by atoms with Gasteiger partial charge in [0, 0.05) is 37.9 Å². The van der Waals surface area contributed by atoms with Crippen molar-refractivity contribution < 1.29 is 4.79 Å². The molecule has 1 aromatic rings. The van der Waals surface area contributed by atoms with E-state index in [0.29, 0.717) is 5.56 Å². The fraction of sp³-hybridized carbons (Fsp3) is 0.455. The zero-order valence-corrected chi connectivity index (χ0v) is 8.86. The summed E-state index contributed by atoms with van der Waals surface area (Å²) in [5.41, 5.74) is 1.73. The largest absolute Gasteiger partial charge is 0.368 e. The maximum Gasteiger partial charge on any atom is 0.161 e. The minimum Gasteiger partial charge on any atom is -0.368 e. The molecule has 0 bridgehead atoms. The van der Waals surface area contributed by atoms with Gasteiger partial charge >= 0.3 is 0 Å². The number of hydrogen-bond donors (Lipinski definition) is 1. The fourth-order valence-corrected chi connectivity index (χ4v) is 1.72. The molecule has 1 aliphatic rings. The normalized spacial score (nSPS) is 16.5. The van der Waals surface area contributed by atoms with Crippen LogP contribution in [0.15, 0.2) is 18.5 Å². The van der Waals surface area contributed by atoms with Crippen molar-refractivity contribution in [3.63, 3.8) is 0 Å². The number of nitrogens with zero attached hydrogens (tertiary/aromatic N) is 2. The Morgan fingerprint density at radius 2 is 2.13 bits per heavy atom. The number of pyridine rings is 1. The maximum absolute atomic E-state index is 11.2. The first kappa shape index (κ1) is 10.1. The first-order chi connectivity index (χ1) is 7.27. The third-order valence-corrected chi connectivity index (χ3v) is 2.61. The van der Waals surface area contributed by atoms with Crippen molar-refractivity contribution in [2.24, 2.45) is 0 Å². The third kappa shape index (κ3) is 2.33. The van der Waals surface area contributed by atoms with Gasteiger partial charge in [-0.3, -0.25) is 9.78 Å². The molecule has 15 heavy (non-hydrogen) atoms. The molecule has 4 heteroatoms. The Morgan fingerprint density at radius 3 is 2.80 bits per heavy atom. The number of carbonyl (C=O) groups excluding carboxylic acids is 1. The zero-order chi connectivity index (χ0) is 10.7. The number of piperazine rings is 1. The summed E-state index contributed by atoms with van der Waals surface area (Å²) in [5, 5.41) is 3.29. The van der Waals surface area contributed by atoms with E-state index in [1.165, 1.54) is 0 Å². The van der Waals surface area contributed by atoms with Gasteiger partial charge in [-0.25, -0.2) is 0 Å². The van der Waals surface area contributed by atoms with Crippen LogP contribution in [-0.4, -0.2) is 36.9 Å². The average Bonchev–Trinajstić information content (AvgIpc) is 2.30. The van der Waals surface area contributed by atoms with E-state index in [0.717, 1.165) is 31.9 Å². The van der Waals surface area contributed by atoms with Crippen LogP contribution in [0.3, 0.4) is 0 Å². The highest BCUT2D eigenvalue weighted by Crippen LogP contribution is 2.15. The summed E-state index contributed by atoms with van der Waals surface area (Å²) in [4.78, 5) is 17.6. The van der Waals surface area contributed by atoms with Gasteiger partial charge in [0.15, 0.2) is 5.78 Å². The van der Waals surface area contributed by atoms with Crippen molar-refractivity contribution in [3.05, 3.63) is 24.0 Å². The van der Waals surface area contributed by atoms with Crippen LogP contribution >= 0.6 is 0 Å². The van der Waals surface area contributed by atoms with E-state index in [-0.39, 0.29) is 5.78 Å². The zero-order valence-electron chi connectivity index (χ0n) is 8.86. The van der Waals surface area contributed by atoms with E-state index in [4.69, 9.17) is 0 Å². The second-order valence-electron chi connectivity index (χ2n) is 3.73.